The molecule has 1 atom stereocenters. The normalized spacial score (nSPS) is 23.3. The van der Waals surface area contributed by atoms with Gasteiger partial charge in [-0.3, -0.25) is 0 Å². The van der Waals surface area contributed by atoms with Gasteiger partial charge in [0.05, 0.1) is 6.61 Å². The molecule has 0 saturated carbocycles. The fourth-order valence-corrected chi connectivity index (χ4v) is 2.50. The highest BCUT2D eigenvalue weighted by molar-refractivity contribution is 5.85. The Hall–Kier alpha value is -1.55. The molecule has 19 heavy (non-hydrogen) atoms. The molecular weight excluding hydrogens is 240 g/mol. The molecule has 1 aromatic rings. The number of nitrogens with zero attached hydrogens (tertiary/aromatic N) is 1. The highest BCUT2D eigenvalue weighted by Gasteiger charge is 2.44. The molecule has 1 aliphatic rings. The molecule has 1 aromatic carbocycles. The van der Waals surface area contributed by atoms with E-state index in [1.54, 1.807) is 0 Å². The molecule has 0 bridgehead atoms. The lowest BCUT2D eigenvalue weighted by Crippen LogP contribution is -2.49. The molecule has 1 N–H and O–H groups in total. The van der Waals surface area contributed by atoms with Gasteiger partial charge in [0, 0.05) is 18.8 Å². The van der Waals surface area contributed by atoms with Crippen molar-refractivity contribution >= 4 is 11.7 Å². The van der Waals surface area contributed by atoms with Gasteiger partial charge in [0.2, 0.25) is 0 Å². The summed E-state index contributed by atoms with van der Waals surface area (Å²) in [6.45, 7) is 5.89. The molecule has 0 radical (unpaired) electrons. The summed E-state index contributed by atoms with van der Waals surface area (Å²) in [5, 5.41) is 3.38. The number of likely N-dealkylation sites (N-methyl/N-ethyl adjacent to an activating group) is 1. The first kappa shape index (κ1) is 13.9. The van der Waals surface area contributed by atoms with E-state index in [0.717, 1.165) is 18.7 Å². The molecule has 4 nitrogen and oxygen atoms in total. The third-order valence-electron chi connectivity index (χ3n) is 3.56. The number of nitrogens with one attached hydrogen (secondary N) is 1. The number of ether oxygens (including phenoxy) is 1. The summed E-state index contributed by atoms with van der Waals surface area (Å²) in [4.78, 5) is 14.4. The number of hydrogen-bond acceptors (Lipinski definition) is 4. The van der Waals surface area contributed by atoms with Crippen molar-refractivity contribution in [3.63, 3.8) is 0 Å². The SMILES string of the molecule is CCOC(=O)C1(Nc2ccc(C)cc2)CCN(C)C1. The molecule has 104 valence electrons. The first-order valence-electron chi connectivity index (χ1n) is 6.76. The lowest BCUT2D eigenvalue weighted by molar-refractivity contribution is -0.148. The van der Waals surface area contributed by atoms with Gasteiger partial charge in [0.1, 0.15) is 5.54 Å². The molecule has 2 rings (SSSR count). The van der Waals surface area contributed by atoms with Crippen molar-refractivity contribution in [2.75, 3.05) is 32.1 Å². The fraction of sp³-hybridized carbons (Fsp3) is 0.533. The molecule has 1 saturated heterocycles. The predicted octanol–water partition coefficient (Wildman–Crippen LogP) is 2.04. The molecule has 4 heteroatoms. The zero-order valence-corrected chi connectivity index (χ0v) is 11.9. The van der Waals surface area contributed by atoms with E-state index in [9.17, 15) is 4.79 Å². The zero-order valence-electron chi connectivity index (χ0n) is 11.9. The summed E-state index contributed by atoms with van der Waals surface area (Å²) in [6, 6.07) is 8.10. The van der Waals surface area contributed by atoms with Crippen LogP contribution in [0.3, 0.4) is 0 Å². The zero-order chi connectivity index (χ0) is 13.9. The van der Waals surface area contributed by atoms with E-state index in [-0.39, 0.29) is 5.97 Å². The molecule has 0 aliphatic carbocycles. The minimum absolute atomic E-state index is 0.153. The van der Waals surface area contributed by atoms with Crippen LogP contribution in [-0.2, 0) is 9.53 Å². The molecule has 1 heterocycles. The van der Waals surface area contributed by atoms with Gasteiger partial charge in [0.25, 0.3) is 0 Å². The van der Waals surface area contributed by atoms with Crippen LogP contribution in [0.2, 0.25) is 0 Å². The van der Waals surface area contributed by atoms with Crippen LogP contribution in [0.5, 0.6) is 0 Å². The Morgan fingerprint density at radius 2 is 2.11 bits per heavy atom. The maximum Gasteiger partial charge on any atom is 0.333 e. The first-order chi connectivity index (χ1) is 9.05. The number of anilines is 1. The van der Waals surface area contributed by atoms with Gasteiger partial charge in [0.15, 0.2) is 0 Å². The summed E-state index contributed by atoms with van der Waals surface area (Å²) in [5.74, 6) is -0.153. The van der Waals surface area contributed by atoms with E-state index in [4.69, 9.17) is 4.74 Å². The van der Waals surface area contributed by atoms with Crippen LogP contribution in [-0.4, -0.2) is 43.2 Å². The van der Waals surface area contributed by atoms with Gasteiger partial charge < -0.3 is 15.0 Å². The van der Waals surface area contributed by atoms with Gasteiger partial charge in [-0.2, -0.15) is 0 Å². The van der Waals surface area contributed by atoms with Crippen LogP contribution in [0.15, 0.2) is 24.3 Å². The van der Waals surface area contributed by atoms with E-state index in [1.807, 2.05) is 45.2 Å². The Kier molecular flexibility index (Phi) is 4.10. The molecule has 0 amide bonds. The molecule has 0 spiro atoms. The number of rotatable bonds is 4. The number of hydrogen-bond donors (Lipinski definition) is 1. The van der Waals surface area contributed by atoms with Gasteiger partial charge in [-0.1, -0.05) is 17.7 Å². The summed E-state index contributed by atoms with van der Waals surface area (Å²) < 4.78 is 5.25. The Morgan fingerprint density at radius 3 is 2.63 bits per heavy atom. The van der Waals surface area contributed by atoms with Crippen molar-refractivity contribution in [1.82, 2.24) is 4.90 Å². The molecule has 0 aromatic heterocycles. The van der Waals surface area contributed by atoms with E-state index < -0.39 is 5.54 Å². The van der Waals surface area contributed by atoms with E-state index in [0.29, 0.717) is 13.2 Å². The van der Waals surface area contributed by atoms with Gasteiger partial charge in [-0.25, -0.2) is 4.79 Å². The highest BCUT2D eigenvalue weighted by Crippen LogP contribution is 2.27. The minimum atomic E-state index is -0.611. The van der Waals surface area contributed by atoms with E-state index in [2.05, 4.69) is 10.2 Å². The number of benzene rings is 1. The van der Waals surface area contributed by atoms with Crippen LogP contribution in [0.4, 0.5) is 5.69 Å². The maximum absolute atomic E-state index is 12.3. The first-order valence-corrected chi connectivity index (χ1v) is 6.76. The smallest absolute Gasteiger partial charge is 0.333 e. The number of carbonyl (C=O) groups excluding carboxylic acids is 1. The second-order valence-electron chi connectivity index (χ2n) is 5.28. The van der Waals surface area contributed by atoms with Crippen molar-refractivity contribution in [2.45, 2.75) is 25.8 Å². The largest absolute Gasteiger partial charge is 0.464 e. The van der Waals surface area contributed by atoms with Gasteiger partial charge >= 0.3 is 5.97 Å². The van der Waals surface area contributed by atoms with Crippen LogP contribution >= 0.6 is 0 Å². The van der Waals surface area contributed by atoms with Gasteiger partial charge in [-0.15, -0.1) is 0 Å². The number of esters is 1. The van der Waals surface area contributed by atoms with Crippen molar-refractivity contribution in [3.05, 3.63) is 29.8 Å². The second-order valence-corrected chi connectivity index (χ2v) is 5.28. The number of carbonyl (C=O) groups is 1. The lowest BCUT2D eigenvalue weighted by atomic mass is 9.98. The highest BCUT2D eigenvalue weighted by atomic mass is 16.5. The van der Waals surface area contributed by atoms with Crippen LogP contribution in [0, 0.1) is 6.92 Å². The average Bonchev–Trinajstić information content (AvgIpc) is 2.75. The summed E-state index contributed by atoms with van der Waals surface area (Å²) >= 11 is 0. The summed E-state index contributed by atoms with van der Waals surface area (Å²) in [6.07, 6.45) is 0.774. The van der Waals surface area contributed by atoms with E-state index in [1.165, 1.54) is 5.56 Å². The standard InChI is InChI=1S/C15H22N2O2/c1-4-19-14(18)15(9-10-17(3)11-15)16-13-7-5-12(2)6-8-13/h5-8,16H,4,9-11H2,1-3H3. The van der Waals surface area contributed by atoms with Crippen LogP contribution in [0.1, 0.15) is 18.9 Å². The predicted molar refractivity (Wildman–Crippen MR) is 76.3 cm³/mol. The topological polar surface area (TPSA) is 41.6 Å². The minimum Gasteiger partial charge on any atom is -0.464 e. The van der Waals surface area contributed by atoms with Crippen molar-refractivity contribution in [2.24, 2.45) is 0 Å². The molecule has 1 aliphatic heterocycles. The monoisotopic (exact) mass is 262 g/mol. The number of aryl methyl sites for hydroxylation is 1. The molecular formula is C15H22N2O2. The third kappa shape index (κ3) is 3.07. The van der Waals surface area contributed by atoms with Crippen LogP contribution < -0.4 is 5.32 Å². The average molecular weight is 262 g/mol. The van der Waals surface area contributed by atoms with Crippen molar-refractivity contribution < 1.29 is 9.53 Å². The quantitative estimate of drug-likeness (QED) is 0.843. The lowest BCUT2D eigenvalue weighted by Gasteiger charge is -2.29. The molecule has 1 unspecified atom stereocenters. The van der Waals surface area contributed by atoms with Crippen LogP contribution in [0.25, 0.3) is 0 Å². The Morgan fingerprint density at radius 1 is 1.42 bits per heavy atom. The molecule has 1 fully saturated rings. The van der Waals surface area contributed by atoms with Gasteiger partial charge in [-0.05, 0) is 39.4 Å². The fourth-order valence-electron chi connectivity index (χ4n) is 2.50. The Bertz CT molecular complexity index is 444. The second kappa shape index (κ2) is 5.61. The summed E-state index contributed by atoms with van der Waals surface area (Å²) in [5.41, 5.74) is 1.56. The Balaban J connectivity index is 2.19. The van der Waals surface area contributed by atoms with E-state index >= 15 is 0 Å². The summed E-state index contributed by atoms with van der Waals surface area (Å²) in [7, 11) is 2.03. The number of likely N-dealkylation sites (tertiary alicyclic amines) is 1. The Labute approximate surface area is 114 Å². The maximum atomic E-state index is 12.3. The third-order valence-corrected chi connectivity index (χ3v) is 3.56. The van der Waals surface area contributed by atoms with Crippen molar-refractivity contribution in [1.29, 1.82) is 0 Å². The van der Waals surface area contributed by atoms with Crippen molar-refractivity contribution in [3.8, 4) is 0 Å².